The van der Waals surface area contributed by atoms with Crippen LogP contribution in [0.15, 0.2) is 34.4 Å². The zero-order valence-electron chi connectivity index (χ0n) is 15.4. The van der Waals surface area contributed by atoms with Gasteiger partial charge in [-0.3, -0.25) is 16.9 Å². The predicted molar refractivity (Wildman–Crippen MR) is 102 cm³/mol. The summed E-state index contributed by atoms with van der Waals surface area (Å²) in [6, 6.07) is 7.08. The van der Waals surface area contributed by atoms with E-state index in [2.05, 4.69) is 10.1 Å². The van der Waals surface area contributed by atoms with Crippen molar-refractivity contribution in [1.29, 1.82) is 5.41 Å². The Morgan fingerprint density at radius 2 is 1.84 bits per heavy atom. The summed E-state index contributed by atoms with van der Waals surface area (Å²) in [5, 5.41) is 14.8. The normalized spacial score (nSPS) is 17.0. The van der Waals surface area contributed by atoms with Crippen molar-refractivity contribution in [2.24, 2.45) is 21.6 Å². The van der Waals surface area contributed by atoms with Crippen molar-refractivity contribution in [3.63, 3.8) is 0 Å². The standard InChI is InChI=1S/C17H27N7O/c1-17(2,3)24-15(18)14(13(22-24)10-23(4)5)21-11-6-8-12(9-7-11)25-16(19)20/h6-9,16,18H,10,19-20H2,1-5H3. The predicted octanol–water partition coefficient (Wildman–Crippen LogP) is 1.35. The lowest BCUT2D eigenvalue weighted by Crippen LogP contribution is -2.41. The van der Waals surface area contributed by atoms with Crippen LogP contribution < -0.4 is 16.2 Å². The molecule has 0 unspecified atom stereocenters. The average molecular weight is 345 g/mol. The third-order valence-corrected chi connectivity index (χ3v) is 3.38. The molecule has 0 amide bonds. The van der Waals surface area contributed by atoms with E-state index in [4.69, 9.17) is 21.6 Å². The minimum absolute atomic E-state index is 0.291. The van der Waals surface area contributed by atoms with E-state index in [0.29, 0.717) is 29.5 Å². The minimum Gasteiger partial charge on any atom is -0.463 e. The molecule has 0 saturated heterocycles. The van der Waals surface area contributed by atoms with Crippen molar-refractivity contribution >= 4 is 22.9 Å². The molecule has 1 aromatic rings. The monoisotopic (exact) mass is 345 g/mol. The highest BCUT2D eigenvalue weighted by Crippen LogP contribution is 2.24. The molecular formula is C17H27N7O. The Morgan fingerprint density at radius 1 is 1.24 bits per heavy atom. The van der Waals surface area contributed by atoms with Crippen molar-refractivity contribution in [1.82, 2.24) is 9.91 Å². The molecular weight excluding hydrogens is 318 g/mol. The summed E-state index contributed by atoms with van der Waals surface area (Å²) in [5.41, 5.74) is 12.6. The molecule has 0 fully saturated rings. The number of nitrogens with two attached hydrogens (primary N) is 2. The fourth-order valence-electron chi connectivity index (χ4n) is 2.35. The van der Waals surface area contributed by atoms with E-state index in [1.165, 1.54) is 0 Å². The highest BCUT2D eigenvalue weighted by Gasteiger charge is 2.35. The van der Waals surface area contributed by atoms with Crippen LogP contribution in [0.25, 0.3) is 0 Å². The van der Waals surface area contributed by atoms with Gasteiger partial charge in [-0.15, -0.1) is 0 Å². The molecule has 25 heavy (non-hydrogen) atoms. The Hall–Kier alpha value is -2.29. The molecule has 5 N–H and O–H groups in total. The number of nitrogens with one attached hydrogen (secondary N) is 1. The molecule has 0 aromatic heterocycles. The molecule has 2 rings (SSSR count). The first-order chi connectivity index (χ1) is 11.6. The first kappa shape index (κ1) is 19.0. The number of ether oxygens (including phenoxy) is 1. The van der Waals surface area contributed by atoms with Crippen LogP contribution in [0.4, 0.5) is 5.69 Å². The van der Waals surface area contributed by atoms with E-state index < -0.39 is 6.35 Å². The molecule has 0 spiro atoms. The van der Waals surface area contributed by atoms with Crippen LogP contribution >= 0.6 is 0 Å². The summed E-state index contributed by atoms with van der Waals surface area (Å²) in [6.07, 6.45) is -0.862. The van der Waals surface area contributed by atoms with Crippen molar-refractivity contribution in [3.05, 3.63) is 24.3 Å². The molecule has 8 heteroatoms. The van der Waals surface area contributed by atoms with Gasteiger partial charge in [-0.05, 0) is 59.1 Å². The van der Waals surface area contributed by atoms with E-state index in [0.717, 1.165) is 5.71 Å². The summed E-state index contributed by atoms with van der Waals surface area (Å²) in [4.78, 5) is 6.64. The van der Waals surface area contributed by atoms with Crippen LogP contribution in [0.5, 0.6) is 5.75 Å². The lowest BCUT2D eigenvalue weighted by atomic mass is 10.1. The topological polar surface area (TPSA) is 116 Å². The molecule has 0 atom stereocenters. The maximum Gasteiger partial charge on any atom is 0.201 e. The summed E-state index contributed by atoms with van der Waals surface area (Å²) >= 11 is 0. The van der Waals surface area contributed by atoms with Crippen molar-refractivity contribution < 1.29 is 4.74 Å². The number of hydrogen-bond donors (Lipinski definition) is 3. The van der Waals surface area contributed by atoms with Crippen LogP contribution in [-0.2, 0) is 0 Å². The van der Waals surface area contributed by atoms with Crippen molar-refractivity contribution in [3.8, 4) is 5.75 Å². The Morgan fingerprint density at radius 3 is 2.32 bits per heavy atom. The quantitative estimate of drug-likeness (QED) is 0.697. The molecule has 1 aliphatic rings. The van der Waals surface area contributed by atoms with Gasteiger partial charge in [-0.25, -0.2) is 10.0 Å². The van der Waals surface area contributed by atoms with Gasteiger partial charge in [0.1, 0.15) is 17.2 Å². The van der Waals surface area contributed by atoms with Crippen LogP contribution in [0.1, 0.15) is 20.8 Å². The lowest BCUT2D eigenvalue weighted by Gasteiger charge is -2.29. The smallest absolute Gasteiger partial charge is 0.201 e. The summed E-state index contributed by atoms with van der Waals surface area (Å²) < 4.78 is 5.22. The number of benzene rings is 1. The van der Waals surface area contributed by atoms with Gasteiger partial charge in [0.15, 0.2) is 5.84 Å². The summed E-state index contributed by atoms with van der Waals surface area (Å²) in [5.74, 6) is 0.868. The first-order valence-corrected chi connectivity index (χ1v) is 8.06. The zero-order valence-corrected chi connectivity index (χ0v) is 15.4. The van der Waals surface area contributed by atoms with Crippen LogP contribution in [-0.4, -0.2) is 59.7 Å². The van der Waals surface area contributed by atoms with E-state index in [9.17, 15) is 0 Å². The number of nitrogens with zero attached hydrogens (tertiary/aromatic N) is 4. The van der Waals surface area contributed by atoms with Gasteiger partial charge < -0.3 is 9.64 Å². The number of rotatable bonds is 5. The third-order valence-electron chi connectivity index (χ3n) is 3.38. The highest BCUT2D eigenvalue weighted by molar-refractivity contribution is 6.70. The van der Waals surface area contributed by atoms with E-state index in [-0.39, 0.29) is 5.54 Å². The van der Waals surface area contributed by atoms with Crippen LogP contribution in [0, 0.1) is 5.41 Å². The number of aliphatic imine (C=N–C) groups is 1. The second-order valence-corrected chi connectivity index (χ2v) is 7.15. The van der Waals surface area contributed by atoms with E-state index >= 15 is 0 Å². The average Bonchev–Trinajstić information content (AvgIpc) is 2.77. The fourth-order valence-corrected chi connectivity index (χ4v) is 2.35. The number of amidine groups is 1. The largest absolute Gasteiger partial charge is 0.463 e. The molecule has 8 nitrogen and oxygen atoms in total. The van der Waals surface area contributed by atoms with E-state index in [1.807, 2.05) is 39.8 Å². The Bertz CT molecular complexity index is 684. The number of hydrazone groups is 1. The van der Waals surface area contributed by atoms with Gasteiger partial charge in [0.05, 0.1) is 11.2 Å². The van der Waals surface area contributed by atoms with E-state index in [1.54, 1.807) is 29.3 Å². The Kier molecular flexibility index (Phi) is 5.56. The van der Waals surface area contributed by atoms with Crippen LogP contribution in [0.3, 0.4) is 0 Å². The summed E-state index contributed by atoms with van der Waals surface area (Å²) in [6.45, 7) is 6.66. The molecule has 0 aliphatic carbocycles. The Balaban J connectivity index is 2.32. The highest BCUT2D eigenvalue weighted by atomic mass is 16.5. The maximum absolute atomic E-state index is 8.48. The van der Waals surface area contributed by atoms with Gasteiger partial charge in [0.25, 0.3) is 0 Å². The number of hydrogen-bond acceptors (Lipinski definition) is 7. The van der Waals surface area contributed by atoms with Gasteiger partial charge in [-0.2, -0.15) is 5.10 Å². The Labute approximate surface area is 148 Å². The van der Waals surface area contributed by atoms with Crippen molar-refractivity contribution in [2.45, 2.75) is 32.7 Å². The second-order valence-electron chi connectivity index (χ2n) is 7.15. The SMILES string of the molecule is CN(C)CC1=NN(C(C)(C)C)C(=N)C1=Nc1ccc(OC(N)N)cc1. The zero-order chi connectivity index (χ0) is 18.8. The van der Waals surface area contributed by atoms with Crippen LogP contribution in [0.2, 0.25) is 0 Å². The van der Waals surface area contributed by atoms with Crippen molar-refractivity contribution in [2.75, 3.05) is 20.6 Å². The molecule has 1 aliphatic heterocycles. The molecule has 136 valence electrons. The minimum atomic E-state index is -0.862. The van der Waals surface area contributed by atoms with Gasteiger partial charge in [0, 0.05) is 6.54 Å². The van der Waals surface area contributed by atoms with Gasteiger partial charge >= 0.3 is 0 Å². The lowest BCUT2D eigenvalue weighted by molar-refractivity contribution is 0.217. The first-order valence-electron chi connectivity index (χ1n) is 8.06. The molecule has 0 bridgehead atoms. The third kappa shape index (κ3) is 4.85. The van der Waals surface area contributed by atoms with Gasteiger partial charge in [0.2, 0.25) is 6.35 Å². The van der Waals surface area contributed by atoms with Gasteiger partial charge in [-0.1, -0.05) is 0 Å². The second kappa shape index (κ2) is 7.30. The molecule has 0 saturated carbocycles. The summed E-state index contributed by atoms with van der Waals surface area (Å²) in [7, 11) is 3.93. The fraction of sp³-hybridized carbons (Fsp3) is 0.471. The molecule has 1 aromatic carbocycles. The molecule has 0 radical (unpaired) electrons. The molecule has 1 heterocycles. The maximum atomic E-state index is 8.48.